The molecule has 0 aromatic heterocycles. The number of nitrogens with zero attached hydrogens (tertiary/aromatic N) is 4. The van der Waals surface area contributed by atoms with Gasteiger partial charge in [-0.2, -0.15) is 12.7 Å². The second kappa shape index (κ2) is 11.0. The minimum atomic E-state index is -4.01. The minimum Gasteiger partial charge on any atom is -0.367 e. The predicted octanol–water partition coefficient (Wildman–Crippen LogP) is 1.10. The molecule has 31 heavy (non-hydrogen) atoms. The predicted molar refractivity (Wildman–Crippen MR) is 121 cm³/mol. The van der Waals surface area contributed by atoms with Gasteiger partial charge in [0.15, 0.2) is 0 Å². The summed E-state index contributed by atoms with van der Waals surface area (Å²) in [5.41, 5.74) is -0.0687. The van der Waals surface area contributed by atoms with Crippen molar-refractivity contribution < 1.29 is 25.9 Å². The number of piperazine rings is 1. The molecule has 0 spiro atoms. The van der Waals surface area contributed by atoms with Crippen LogP contribution in [0.1, 0.15) is 6.92 Å². The molecule has 0 N–H and O–H groups in total. The Hall–Kier alpha value is -1.32. The lowest BCUT2D eigenvalue weighted by Gasteiger charge is -2.34. The summed E-state index contributed by atoms with van der Waals surface area (Å²) in [4.78, 5) is 14.3. The van der Waals surface area contributed by atoms with Gasteiger partial charge in [-0.05, 0) is 12.6 Å². The third-order valence-electron chi connectivity index (χ3n) is 4.90. The molecule has 1 fully saturated rings. The lowest BCUT2D eigenvalue weighted by Crippen LogP contribution is -2.48. The maximum Gasteiger partial charge on any atom is 0.270 e. The molecular weight excluding hydrogens is 516 g/mol. The van der Waals surface area contributed by atoms with Crippen LogP contribution in [0.2, 0.25) is 0 Å². The molecule has 0 unspecified atom stereocenters. The highest BCUT2D eigenvalue weighted by Gasteiger charge is 2.32. The van der Waals surface area contributed by atoms with E-state index >= 15 is 0 Å². The fourth-order valence-corrected chi connectivity index (χ4v) is 5.72. The molecule has 1 aliphatic rings. The third kappa shape index (κ3) is 7.08. The first kappa shape index (κ1) is 25.9. The topological polar surface area (TPSA) is 130 Å². The maximum atomic E-state index is 13.4. The van der Waals surface area contributed by atoms with Gasteiger partial charge in [0, 0.05) is 56.7 Å². The average molecular weight is 543 g/mol. The van der Waals surface area contributed by atoms with Crippen molar-refractivity contribution in [3.8, 4) is 0 Å². The number of alkyl halides is 1. The minimum absolute atomic E-state index is 0.0859. The van der Waals surface area contributed by atoms with Crippen LogP contribution in [-0.2, 0) is 24.3 Å². The van der Waals surface area contributed by atoms with Crippen LogP contribution in [0.3, 0.4) is 0 Å². The van der Waals surface area contributed by atoms with Crippen molar-refractivity contribution in [3.05, 3.63) is 28.3 Å². The zero-order valence-electron chi connectivity index (χ0n) is 17.4. The Bertz CT molecular complexity index is 980. The van der Waals surface area contributed by atoms with Crippen LogP contribution in [-0.4, -0.2) is 95.0 Å². The number of halogens is 1. The van der Waals surface area contributed by atoms with Gasteiger partial charge >= 0.3 is 0 Å². The van der Waals surface area contributed by atoms with E-state index in [2.05, 4.69) is 20.8 Å². The Balaban J connectivity index is 2.43. The van der Waals surface area contributed by atoms with E-state index in [1.54, 1.807) is 4.90 Å². The van der Waals surface area contributed by atoms with Crippen LogP contribution in [0.4, 0.5) is 11.4 Å². The first-order valence-corrected chi connectivity index (χ1v) is 14.0. The first-order valence-electron chi connectivity index (χ1n) is 9.66. The van der Waals surface area contributed by atoms with E-state index in [1.165, 1.54) is 16.4 Å². The fourth-order valence-electron chi connectivity index (χ4n) is 3.26. The highest BCUT2D eigenvalue weighted by Crippen LogP contribution is 2.32. The Morgan fingerprint density at radius 2 is 1.81 bits per heavy atom. The zero-order valence-corrected chi connectivity index (χ0v) is 20.7. The van der Waals surface area contributed by atoms with E-state index in [0.29, 0.717) is 25.0 Å². The molecule has 1 aromatic carbocycles. The molecule has 176 valence electrons. The molecule has 0 aliphatic carbocycles. The van der Waals surface area contributed by atoms with E-state index in [-0.39, 0.29) is 42.5 Å². The van der Waals surface area contributed by atoms with Crippen LogP contribution in [0.5, 0.6) is 0 Å². The smallest absolute Gasteiger partial charge is 0.270 e. The summed E-state index contributed by atoms with van der Waals surface area (Å²) in [6.07, 6.45) is 0.930. The fraction of sp³-hybridized carbons (Fsp3) is 0.647. The summed E-state index contributed by atoms with van der Waals surface area (Å²) in [6.45, 7) is 4.79. The first-order chi connectivity index (χ1) is 14.5. The number of likely N-dealkylation sites (N-methyl/N-ethyl adjacent to an activating group) is 1. The maximum absolute atomic E-state index is 13.4. The zero-order chi connectivity index (χ0) is 23.2. The molecule has 0 radical (unpaired) electrons. The van der Waals surface area contributed by atoms with Crippen molar-refractivity contribution in [2.45, 2.75) is 11.8 Å². The van der Waals surface area contributed by atoms with Gasteiger partial charge in [0.05, 0.1) is 23.5 Å². The number of rotatable bonds is 11. The number of nitro benzene ring substituents is 1. The van der Waals surface area contributed by atoms with Crippen molar-refractivity contribution in [2.75, 3.05) is 68.9 Å². The quantitative estimate of drug-likeness (QED) is 0.174. The van der Waals surface area contributed by atoms with Crippen LogP contribution >= 0.6 is 15.9 Å². The van der Waals surface area contributed by atoms with E-state index in [4.69, 9.17) is 4.18 Å². The highest BCUT2D eigenvalue weighted by atomic mass is 79.9. The second-order valence-electron chi connectivity index (χ2n) is 6.95. The van der Waals surface area contributed by atoms with Gasteiger partial charge in [-0.1, -0.05) is 22.9 Å². The van der Waals surface area contributed by atoms with E-state index < -0.39 is 25.1 Å². The lowest BCUT2D eigenvalue weighted by atomic mass is 10.2. The van der Waals surface area contributed by atoms with Gasteiger partial charge in [-0.3, -0.25) is 14.3 Å². The Kier molecular flexibility index (Phi) is 9.21. The molecule has 0 amide bonds. The van der Waals surface area contributed by atoms with Crippen molar-refractivity contribution in [2.24, 2.45) is 0 Å². The average Bonchev–Trinajstić information content (AvgIpc) is 2.71. The summed E-state index contributed by atoms with van der Waals surface area (Å²) in [7, 11) is -7.67. The molecule has 14 heteroatoms. The molecule has 1 saturated heterocycles. The standard InChI is InChI=1S/C17H27BrN4O7S2/c1-3-19-8-10-21(11-9-19)31(27,28)17-14-15(22(23)24)4-5-16(17)20(7-6-18)12-13-29-30(2,25)26/h4-5,14H,3,6-13H2,1-2H3. The summed E-state index contributed by atoms with van der Waals surface area (Å²) in [5, 5.41) is 11.8. The van der Waals surface area contributed by atoms with Gasteiger partial charge in [-0.25, -0.2) is 8.42 Å². The van der Waals surface area contributed by atoms with E-state index in [1.807, 2.05) is 6.92 Å². The second-order valence-corrected chi connectivity index (χ2v) is 11.3. The third-order valence-corrected chi connectivity index (χ3v) is 7.78. The highest BCUT2D eigenvalue weighted by molar-refractivity contribution is 9.09. The molecule has 1 aromatic rings. The van der Waals surface area contributed by atoms with Gasteiger partial charge < -0.3 is 9.80 Å². The summed E-state index contributed by atoms with van der Waals surface area (Å²) in [6, 6.07) is 3.69. The van der Waals surface area contributed by atoms with Crippen molar-refractivity contribution in [3.63, 3.8) is 0 Å². The Labute approximate surface area is 191 Å². The lowest BCUT2D eigenvalue weighted by molar-refractivity contribution is -0.385. The molecule has 11 nitrogen and oxygen atoms in total. The normalized spacial score (nSPS) is 16.4. The molecule has 1 heterocycles. The number of hydrogen-bond donors (Lipinski definition) is 0. The monoisotopic (exact) mass is 542 g/mol. The van der Waals surface area contributed by atoms with Gasteiger partial charge in [0.1, 0.15) is 4.90 Å². The Morgan fingerprint density at radius 1 is 1.16 bits per heavy atom. The summed E-state index contributed by atoms with van der Waals surface area (Å²) in [5.74, 6) is 0. The molecule has 0 saturated carbocycles. The number of sulfonamides is 1. The van der Waals surface area contributed by atoms with Crippen molar-refractivity contribution in [1.82, 2.24) is 9.21 Å². The number of hydrogen-bond acceptors (Lipinski definition) is 9. The number of anilines is 1. The van der Waals surface area contributed by atoms with Crippen molar-refractivity contribution >= 4 is 47.4 Å². The summed E-state index contributed by atoms with van der Waals surface area (Å²) < 4.78 is 55.6. The molecule has 2 rings (SSSR count). The number of benzene rings is 1. The van der Waals surface area contributed by atoms with Gasteiger partial charge in [0.2, 0.25) is 10.0 Å². The molecule has 0 bridgehead atoms. The van der Waals surface area contributed by atoms with E-state index in [0.717, 1.165) is 18.9 Å². The summed E-state index contributed by atoms with van der Waals surface area (Å²) >= 11 is 3.31. The van der Waals surface area contributed by atoms with Crippen LogP contribution < -0.4 is 4.90 Å². The van der Waals surface area contributed by atoms with E-state index in [9.17, 15) is 26.9 Å². The number of nitro groups is 1. The van der Waals surface area contributed by atoms with Crippen LogP contribution in [0.25, 0.3) is 0 Å². The van der Waals surface area contributed by atoms with Gasteiger partial charge in [-0.15, -0.1) is 0 Å². The van der Waals surface area contributed by atoms with Crippen molar-refractivity contribution in [1.29, 1.82) is 0 Å². The largest absolute Gasteiger partial charge is 0.367 e. The van der Waals surface area contributed by atoms with Crippen LogP contribution in [0.15, 0.2) is 23.1 Å². The van der Waals surface area contributed by atoms with Crippen LogP contribution in [0, 0.1) is 10.1 Å². The SMILES string of the molecule is CCN1CCN(S(=O)(=O)c2cc([N+](=O)[O-])ccc2N(CCBr)CCOS(C)(=O)=O)CC1. The molecule has 1 aliphatic heterocycles. The molecule has 0 atom stereocenters. The molecular formula is C17H27BrN4O7S2. The Morgan fingerprint density at radius 3 is 2.32 bits per heavy atom. The van der Waals surface area contributed by atoms with Gasteiger partial charge in [0.25, 0.3) is 15.8 Å². The number of non-ortho nitro benzene ring substituents is 1.